The summed E-state index contributed by atoms with van der Waals surface area (Å²) in [7, 11) is 0. The number of aromatic nitrogens is 3. The van der Waals surface area contributed by atoms with Crippen molar-refractivity contribution in [1.29, 1.82) is 0 Å². The number of hydrogen-bond acceptors (Lipinski definition) is 7. The molecule has 1 aliphatic rings. The molecule has 2 aromatic rings. The van der Waals surface area contributed by atoms with Crippen LogP contribution in [0.4, 0.5) is 11.8 Å². The van der Waals surface area contributed by atoms with Gasteiger partial charge in [-0.25, -0.2) is 9.97 Å². The first-order valence-electron chi connectivity index (χ1n) is 6.16. The minimum Gasteiger partial charge on any atom is -0.381 e. The van der Waals surface area contributed by atoms with Gasteiger partial charge in [-0.15, -0.1) is 11.3 Å². The molecule has 0 unspecified atom stereocenters. The van der Waals surface area contributed by atoms with Crippen LogP contribution in [0.3, 0.4) is 0 Å². The van der Waals surface area contributed by atoms with Crippen molar-refractivity contribution in [3.63, 3.8) is 0 Å². The van der Waals surface area contributed by atoms with E-state index >= 15 is 0 Å². The lowest BCUT2D eigenvalue weighted by atomic mass is 10.0. The Kier molecular flexibility index (Phi) is 3.56. The summed E-state index contributed by atoms with van der Waals surface area (Å²) in [6.45, 7) is 2.15. The molecule has 6 nitrogen and oxygen atoms in total. The number of nitrogen functional groups attached to an aromatic ring is 1. The molecule has 1 fully saturated rings. The minimum atomic E-state index is 0.297. The largest absolute Gasteiger partial charge is 0.381 e. The van der Waals surface area contributed by atoms with Gasteiger partial charge in [-0.05, 0) is 6.42 Å². The summed E-state index contributed by atoms with van der Waals surface area (Å²) in [4.78, 5) is 12.7. The molecule has 19 heavy (non-hydrogen) atoms. The number of nitrogens with two attached hydrogens (primary N) is 1. The molecule has 1 atom stereocenters. The Morgan fingerprint density at radius 1 is 1.47 bits per heavy atom. The number of rotatable bonds is 4. The fourth-order valence-electron chi connectivity index (χ4n) is 2.06. The van der Waals surface area contributed by atoms with Crippen LogP contribution in [0.2, 0.25) is 0 Å². The third-order valence-electron chi connectivity index (χ3n) is 3.02. The van der Waals surface area contributed by atoms with Gasteiger partial charge in [-0.2, -0.15) is 4.98 Å². The monoisotopic (exact) mass is 277 g/mol. The minimum absolute atomic E-state index is 0.297. The summed E-state index contributed by atoms with van der Waals surface area (Å²) >= 11 is 1.61. The van der Waals surface area contributed by atoms with Crippen LogP contribution in [0.15, 0.2) is 17.6 Å². The van der Waals surface area contributed by atoms with Crippen LogP contribution in [-0.2, 0) is 11.3 Å². The molecule has 0 amide bonds. The molecule has 7 heteroatoms. The van der Waals surface area contributed by atoms with Gasteiger partial charge in [0.1, 0.15) is 10.8 Å². The second-order valence-corrected chi connectivity index (χ2v) is 5.36. The second-order valence-electron chi connectivity index (χ2n) is 4.38. The molecule has 0 spiro atoms. The number of hydrogen-bond donors (Lipinski definition) is 2. The first-order valence-corrected chi connectivity index (χ1v) is 7.03. The quantitative estimate of drug-likeness (QED) is 0.883. The molecule has 1 saturated heterocycles. The average Bonchev–Trinajstić information content (AvgIpc) is 3.09. The predicted octanol–water partition coefficient (Wildman–Crippen LogP) is 1.63. The SMILES string of the molecule is Nc1nc(NCc2nccs2)cc([C@@H]2CCOC2)n1. The van der Waals surface area contributed by atoms with E-state index in [0.717, 1.165) is 29.5 Å². The molecule has 0 saturated carbocycles. The number of anilines is 2. The first kappa shape index (κ1) is 12.3. The van der Waals surface area contributed by atoms with Crippen molar-refractivity contribution in [2.45, 2.75) is 18.9 Å². The summed E-state index contributed by atoms with van der Waals surface area (Å²) in [5.74, 6) is 1.36. The van der Waals surface area contributed by atoms with Gasteiger partial charge in [0, 0.05) is 30.2 Å². The van der Waals surface area contributed by atoms with Crippen LogP contribution in [0.25, 0.3) is 0 Å². The van der Waals surface area contributed by atoms with Crippen LogP contribution in [0.5, 0.6) is 0 Å². The Bertz CT molecular complexity index is 539. The Morgan fingerprint density at radius 3 is 3.16 bits per heavy atom. The van der Waals surface area contributed by atoms with Crippen LogP contribution in [0, 0.1) is 0 Å². The van der Waals surface area contributed by atoms with Gasteiger partial charge < -0.3 is 15.8 Å². The molecule has 0 aromatic carbocycles. The number of nitrogens with one attached hydrogen (secondary N) is 1. The van der Waals surface area contributed by atoms with Crippen molar-refractivity contribution in [3.05, 3.63) is 28.3 Å². The van der Waals surface area contributed by atoms with E-state index < -0.39 is 0 Å². The van der Waals surface area contributed by atoms with E-state index in [1.54, 1.807) is 17.5 Å². The Morgan fingerprint density at radius 2 is 2.42 bits per heavy atom. The maximum atomic E-state index is 5.76. The van der Waals surface area contributed by atoms with Gasteiger partial charge in [0.05, 0.1) is 18.8 Å². The third-order valence-corrected chi connectivity index (χ3v) is 3.80. The van der Waals surface area contributed by atoms with E-state index in [4.69, 9.17) is 10.5 Å². The Balaban J connectivity index is 1.73. The average molecular weight is 277 g/mol. The van der Waals surface area contributed by atoms with E-state index in [2.05, 4.69) is 20.3 Å². The summed E-state index contributed by atoms with van der Waals surface area (Å²) in [6.07, 6.45) is 2.78. The van der Waals surface area contributed by atoms with Crippen LogP contribution >= 0.6 is 11.3 Å². The Labute approximate surface area is 115 Å². The topological polar surface area (TPSA) is 86.0 Å². The highest BCUT2D eigenvalue weighted by Crippen LogP contribution is 2.25. The van der Waals surface area contributed by atoms with E-state index in [-0.39, 0.29) is 0 Å². The van der Waals surface area contributed by atoms with Crippen LogP contribution < -0.4 is 11.1 Å². The fraction of sp³-hybridized carbons (Fsp3) is 0.417. The maximum absolute atomic E-state index is 5.76. The van der Waals surface area contributed by atoms with E-state index in [1.807, 2.05) is 11.4 Å². The lowest BCUT2D eigenvalue weighted by Crippen LogP contribution is -2.09. The molecule has 2 aromatic heterocycles. The molecule has 3 N–H and O–H groups in total. The van der Waals surface area contributed by atoms with Gasteiger partial charge in [-0.1, -0.05) is 0 Å². The summed E-state index contributed by atoms with van der Waals surface area (Å²) in [6, 6.07) is 1.95. The van der Waals surface area contributed by atoms with Crippen molar-refractivity contribution >= 4 is 23.1 Å². The van der Waals surface area contributed by atoms with E-state index in [9.17, 15) is 0 Å². The lowest BCUT2D eigenvalue weighted by Gasteiger charge is -2.10. The van der Waals surface area contributed by atoms with Crippen LogP contribution in [-0.4, -0.2) is 28.2 Å². The summed E-state index contributed by atoms with van der Waals surface area (Å²) in [5, 5.41) is 6.20. The van der Waals surface area contributed by atoms with Crippen molar-refractivity contribution in [2.75, 3.05) is 24.3 Å². The fourth-order valence-corrected chi connectivity index (χ4v) is 2.62. The Hall–Kier alpha value is -1.73. The van der Waals surface area contributed by atoms with E-state index in [1.165, 1.54) is 0 Å². The standard InChI is InChI=1S/C12H15N5OS/c13-12-16-9(8-1-3-18-7-8)5-10(17-12)15-6-11-14-2-4-19-11/h2,4-5,8H,1,3,6-7H2,(H3,13,15,16,17)/t8-/m1/s1. The molecule has 100 valence electrons. The van der Waals surface area contributed by atoms with Gasteiger partial charge in [0.25, 0.3) is 0 Å². The highest BCUT2D eigenvalue weighted by atomic mass is 32.1. The van der Waals surface area contributed by atoms with E-state index in [0.29, 0.717) is 25.0 Å². The molecule has 0 bridgehead atoms. The zero-order valence-electron chi connectivity index (χ0n) is 10.4. The maximum Gasteiger partial charge on any atom is 0.222 e. The highest BCUT2D eigenvalue weighted by molar-refractivity contribution is 7.09. The predicted molar refractivity (Wildman–Crippen MR) is 74.1 cm³/mol. The van der Waals surface area contributed by atoms with Crippen molar-refractivity contribution in [2.24, 2.45) is 0 Å². The van der Waals surface area contributed by atoms with Crippen molar-refractivity contribution in [3.8, 4) is 0 Å². The van der Waals surface area contributed by atoms with Crippen LogP contribution in [0.1, 0.15) is 23.0 Å². The molecule has 0 radical (unpaired) electrons. The van der Waals surface area contributed by atoms with Gasteiger partial charge >= 0.3 is 0 Å². The highest BCUT2D eigenvalue weighted by Gasteiger charge is 2.20. The zero-order chi connectivity index (χ0) is 13.1. The summed E-state index contributed by atoms with van der Waals surface area (Å²) in [5.41, 5.74) is 6.71. The van der Waals surface area contributed by atoms with Gasteiger partial charge in [0.15, 0.2) is 0 Å². The molecule has 0 aliphatic carbocycles. The molecular formula is C12H15N5OS. The van der Waals surface area contributed by atoms with Crippen molar-refractivity contribution < 1.29 is 4.74 Å². The van der Waals surface area contributed by atoms with Gasteiger partial charge in [-0.3, -0.25) is 0 Å². The smallest absolute Gasteiger partial charge is 0.222 e. The lowest BCUT2D eigenvalue weighted by molar-refractivity contribution is 0.193. The molecule has 3 heterocycles. The first-order chi connectivity index (χ1) is 9.31. The second kappa shape index (κ2) is 5.50. The number of ether oxygens (including phenoxy) is 1. The molecule has 1 aliphatic heterocycles. The van der Waals surface area contributed by atoms with Gasteiger partial charge in [0.2, 0.25) is 5.95 Å². The van der Waals surface area contributed by atoms with Crippen molar-refractivity contribution in [1.82, 2.24) is 15.0 Å². The normalized spacial score (nSPS) is 18.6. The number of nitrogens with zero attached hydrogens (tertiary/aromatic N) is 3. The zero-order valence-corrected chi connectivity index (χ0v) is 11.2. The summed E-state index contributed by atoms with van der Waals surface area (Å²) < 4.78 is 5.38. The number of thiazole rings is 1. The molecular weight excluding hydrogens is 262 g/mol. The molecule has 3 rings (SSSR count). The third kappa shape index (κ3) is 2.99.